The monoisotopic (exact) mass is 292 g/mol. The van der Waals surface area contributed by atoms with E-state index < -0.39 is 0 Å². The lowest BCUT2D eigenvalue weighted by molar-refractivity contribution is 0.641. The van der Waals surface area contributed by atoms with Crippen molar-refractivity contribution in [2.45, 2.75) is 19.3 Å². The molecule has 0 unspecified atom stereocenters. The van der Waals surface area contributed by atoms with Crippen LogP contribution in [-0.2, 0) is 5.41 Å². The summed E-state index contributed by atoms with van der Waals surface area (Å²) in [6.45, 7) is 4.47. The van der Waals surface area contributed by atoms with E-state index in [1.807, 2.05) is 18.2 Å². The van der Waals surface area contributed by atoms with Crippen molar-refractivity contribution in [2.75, 3.05) is 17.4 Å². The van der Waals surface area contributed by atoms with Gasteiger partial charge in [-0.1, -0.05) is 38.1 Å². The highest BCUT2D eigenvalue weighted by Gasteiger charge is 2.37. The molecule has 1 N–H and O–H groups in total. The molecule has 0 saturated carbocycles. The second-order valence-electron chi connectivity index (χ2n) is 5.86. The number of hydrazone groups is 1. The minimum absolute atomic E-state index is 0.0254. The Morgan fingerprint density at radius 1 is 1.14 bits per heavy atom. The van der Waals surface area contributed by atoms with Crippen LogP contribution in [0.1, 0.15) is 19.4 Å². The van der Waals surface area contributed by atoms with E-state index in [1.165, 1.54) is 16.9 Å². The molecule has 0 fully saturated rings. The zero-order chi connectivity index (χ0) is 15.6. The molecule has 112 valence electrons. The number of fused-ring (bicyclic) bond motifs is 1. The lowest BCUT2D eigenvalue weighted by Gasteiger charge is -2.23. The van der Waals surface area contributed by atoms with Crippen LogP contribution in [-0.4, -0.2) is 18.2 Å². The van der Waals surface area contributed by atoms with Crippen LogP contribution in [0, 0.1) is 0 Å². The van der Waals surface area contributed by atoms with Gasteiger partial charge in [0, 0.05) is 36.3 Å². The Morgan fingerprint density at radius 2 is 1.91 bits per heavy atom. The van der Waals surface area contributed by atoms with Gasteiger partial charge in [0.1, 0.15) is 5.82 Å². The molecule has 1 aromatic heterocycles. The predicted octanol–water partition coefficient (Wildman–Crippen LogP) is 3.79. The molecule has 22 heavy (non-hydrogen) atoms. The molecule has 4 nitrogen and oxygen atoms in total. The lowest BCUT2D eigenvalue weighted by Crippen LogP contribution is -2.23. The third-order valence-electron chi connectivity index (χ3n) is 4.09. The zero-order valence-electron chi connectivity index (χ0n) is 13.1. The number of allylic oxidation sites excluding steroid dienone is 2. The molecule has 3 rings (SSSR count). The summed E-state index contributed by atoms with van der Waals surface area (Å²) in [4.78, 5) is 6.39. The van der Waals surface area contributed by atoms with Gasteiger partial charge in [-0.2, -0.15) is 5.10 Å². The van der Waals surface area contributed by atoms with E-state index in [0.29, 0.717) is 0 Å². The zero-order valence-corrected chi connectivity index (χ0v) is 13.1. The molecule has 2 heterocycles. The number of aromatic nitrogens is 1. The molecular formula is C18H20N4. The van der Waals surface area contributed by atoms with Crippen molar-refractivity contribution in [1.82, 2.24) is 4.98 Å². The van der Waals surface area contributed by atoms with Crippen LogP contribution >= 0.6 is 0 Å². The Kier molecular flexibility index (Phi) is 3.67. The highest BCUT2D eigenvalue weighted by Crippen LogP contribution is 2.46. The second-order valence-corrected chi connectivity index (χ2v) is 5.86. The fraction of sp³-hybridized carbons (Fsp3) is 0.222. The van der Waals surface area contributed by atoms with Crippen LogP contribution in [0.5, 0.6) is 0 Å². The van der Waals surface area contributed by atoms with Gasteiger partial charge in [0.2, 0.25) is 0 Å². The van der Waals surface area contributed by atoms with Crippen molar-refractivity contribution in [2.24, 2.45) is 5.10 Å². The van der Waals surface area contributed by atoms with Crippen molar-refractivity contribution in [3.8, 4) is 0 Å². The topological polar surface area (TPSA) is 40.5 Å². The van der Waals surface area contributed by atoms with Crippen LogP contribution < -0.4 is 10.3 Å². The van der Waals surface area contributed by atoms with Crippen molar-refractivity contribution in [3.63, 3.8) is 0 Å². The van der Waals surface area contributed by atoms with E-state index in [2.05, 4.69) is 71.6 Å². The minimum Gasteiger partial charge on any atom is -0.347 e. The van der Waals surface area contributed by atoms with Crippen LogP contribution in [0.4, 0.5) is 11.5 Å². The maximum atomic E-state index is 4.23. The first-order valence-corrected chi connectivity index (χ1v) is 7.35. The average Bonchev–Trinajstić information content (AvgIpc) is 2.73. The second kappa shape index (κ2) is 5.64. The molecule has 0 radical (unpaired) electrons. The molecule has 0 atom stereocenters. The summed E-state index contributed by atoms with van der Waals surface area (Å²) in [7, 11) is 2.10. The summed E-state index contributed by atoms with van der Waals surface area (Å²) in [5.41, 5.74) is 6.72. The fourth-order valence-electron chi connectivity index (χ4n) is 2.94. The smallest absolute Gasteiger partial charge is 0.146 e. The van der Waals surface area contributed by atoms with Gasteiger partial charge in [-0.3, -0.25) is 5.43 Å². The molecular weight excluding hydrogens is 272 g/mol. The predicted molar refractivity (Wildman–Crippen MR) is 92.3 cm³/mol. The lowest BCUT2D eigenvalue weighted by atomic mass is 9.84. The van der Waals surface area contributed by atoms with E-state index >= 15 is 0 Å². The molecule has 0 spiro atoms. The molecule has 0 saturated heterocycles. The van der Waals surface area contributed by atoms with Gasteiger partial charge in [-0.05, 0) is 29.8 Å². The summed E-state index contributed by atoms with van der Waals surface area (Å²) in [5, 5.41) is 4.23. The SMILES string of the molecule is CN1C(=CC=NNc2ccccn2)C(C)(C)c2ccccc21. The van der Waals surface area contributed by atoms with Gasteiger partial charge in [0.05, 0.1) is 0 Å². The first kappa shape index (κ1) is 14.3. The van der Waals surface area contributed by atoms with Gasteiger partial charge in [0.15, 0.2) is 0 Å². The van der Waals surface area contributed by atoms with Gasteiger partial charge < -0.3 is 4.90 Å². The maximum Gasteiger partial charge on any atom is 0.146 e. The van der Waals surface area contributed by atoms with E-state index in [9.17, 15) is 0 Å². The molecule has 0 aliphatic carbocycles. The standard InChI is InChI=1S/C18H20N4/c1-18(2)14-8-4-5-9-15(14)22(3)16(18)11-13-20-21-17-10-6-7-12-19-17/h4-13H,1-3H3,(H,19,21). The first-order chi connectivity index (χ1) is 10.6. The molecule has 0 amide bonds. The largest absolute Gasteiger partial charge is 0.347 e. The Labute approximate surface area is 131 Å². The number of anilines is 2. The number of nitrogens with zero attached hydrogens (tertiary/aromatic N) is 3. The van der Waals surface area contributed by atoms with Crippen LogP contribution in [0.25, 0.3) is 0 Å². The summed E-state index contributed by atoms with van der Waals surface area (Å²) in [6.07, 6.45) is 5.57. The number of rotatable bonds is 3. The number of para-hydroxylation sites is 1. The molecule has 2 aromatic rings. The highest BCUT2D eigenvalue weighted by atomic mass is 15.3. The van der Waals surface area contributed by atoms with Crippen molar-refractivity contribution in [3.05, 3.63) is 66.0 Å². The van der Waals surface area contributed by atoms with Crippen molar-refractivity contribution in [1.29, 1.82) is 0 Å². The number of benzene rings is 1. The number of nitrogens with one attached hydrogen (secondary N) is 1. The van der Waals surface area contributed by atoms with Crippen LogP contribution in [0.2, 0.25) is 0 Å². The molecule has 1 aromatic carbocycles. The number of pyridine rings is 1. The normalized spacial score (nSPS) is 18.0. The average molecular weight is 292 g/mol. The summed E-state index contributed by atoms with van der Waals surface area (Å²) in [5.74, 6) is 0.736. The Morgan fingerprint density at radius 3 is 2.64 bits per heavy atom. The maximum absolute atomic E-state index is 4.23. The Hall–Kier alpha value is -2.62. The van der Waals surface area contributed by atoms with E-state index in [0.717, 1.165) is 5.82 Å². The van der Waals surface area contributed by atoms with Crippen LogP contribution in [0.15, 0.2) is 65.5 Å². The summed E-state index contributed by atoms with van der Waals surface area (Å²) < 4.78 is 0. The van der Waals surface area contributed by atoms with Crippen molar-refractivity contribution >= 4 is 17.7 Å². The minimum atomic E-state index is -0.0254. The van der Waals surface area contributed by atoms with Gasteiger partial charge in [0.25, 0.3) is 0 Å². The molecule has 0 bridgehead atoms. The third-order valence-corrected chi connectivity index (χ3v) is 4.09. The van der Waals surface area contributed by atoms with Crippen molar-refractivity contribution < 1.29 is 0 Å². The molecule has 1 aliphatic rings. The van der Waals surface area contributed by atoms with Crippen LogP contribution in [0.3, 0.4) is 0 Å². The quantitative estimate of drug-likeness (QED) is 0.691. The number of hydrogen-bond acceptors (Lipinski definition) is 4. The third kappa shape index (κ3) is 2.48. The van der Waals surface area contributed by atoms with E-state index in [1.54, 1.807) is 12.4 Å². The Balaban J connectivity index is 1.80. The molecule has 4 heteroatoms. The van der Waals surface area contributed by atoms with Gasteiger partial charge in [-0.25, -0.2) is 4.98 Å². The van der Waals surface area contributed by atoms with E-state index in [4.69, 9.17) is 0 Å². The number of hydrogen-bond donors (Lipinski definition) is 1. The summed E-state index contributed by atoms with van der Waals surface area (Å²) >= 11 is 0. The molecule has 1 aliphatic heterocycles. The highest BCUT2D eigenvalue weighted by molar-refractivity contribution is 5.79. The van der Waals surface area contributed by atoms with Gasteiger partial charge >= 0.3 is 0 Å². The van der Waals surface area contributed by atoms with Gasteiger partial charge in [-0.15, -0.1) is 0 Å². The number of likely N-dealkylation sites (N-methyl/N-ethyl adjacent to an activating group) is 1. The Bertz CT molecular complexity index is 717. The first-order valence-electron chi connectivity index (χ1n) is 7.35. The summed E-state index contributed by atoms with van der Waals surface area (Å²) in [6, 6.07) is 14.2. The fourth-order valence-corrected chi connectivity index (χ4v) is 2.94. The van der Waals surface area contributed by atoms with E-state index in [-0.39, 0.29) is 5.41 Å².